The molecule has 1 fully saturated rings. The van der Waals surface area contributed by atoms with Crippen LogP contribution in [0.25, 0.3) is 10.2 Å². The van der Waals surface area contributed by atoms with Crippen molar-refractivity contribution in [1.82, 2.24) is 9.88 Å². The highest BCUT2D eigenvalue weighted by atomic mass is 32.1. The van der Waals surface area contributed by atoms with Crippen LogP contribution in [0.1, 0.15) is 25.3 Å². The van der Waals surface area contributed by atoms with Gasteiger partial charge in [0.25, 0.3) is 0 Å². The topological polar surface area (TPSA) is 79.8 Å². The van der Waals surface area contributed by atoms with Crippen molar-refractivity contribution in [2.45, 2.75) is 26.3 Å². The SMILES string of the molecule is CCOc1ccc2nc(N(Cc3ccccc3)C(=O)CN3C(=O)C4CC=CCC4C3=O)sc2c1. The molecule has 1 aromatic heterocycles. The lowest BCUT2D eigenvalue weighted by Crippen LogP contribution is -2.43. The zero-order valence-electron chi connectivity index (χ0n) is 18.8. The first kappa shape index (κ1) is 22.3. The van der Waals surface area contributed by atoms with Gasteiger partial charge in [0.05, 0.1) is 35.2 Å². The summed E-state index contributed by atoms with van der Waals surface area (Å²) in [6, 6.07) is 15.3. The van der Waals surface area contributed by atoms with Crippen molar-refractivity contribution >= 4 is 44.4 Å². The van der Waals surface area contributed by atoms with Crippen molar-refractivity contribution in [2.75, 3.05) is 18.1 Å². The number of fused-ring (bicyclic) bond motifs is 2. The molecule has 1 saturated heterocycles. The Balaban J connectivity index is 1.44. The molecule has 1 aliphatic heterocycles. The molecule has 0 saturated carbocycles. The molecule has 1 aliphatic carbocycles. The van der Waals surface area contributed by atoms with Gasteiger partial charge in [-0.25, -0.2) is 4.98 Å². The summed E-state index contributed by atoms with van der Waals surface area (Å²) in [6.45, 7) is 2.50. The predicted octanol–water partition coefficient (Wildman–Crippen LogP) is 4.18. The number of thiazole rings is 1. The molecule has 7 nitrogen and oxygen atoms in total. The van der Waals surface area contributed by atoms with Gasteiger partial charge in [0.2, 0.25) is 17.7 Å². The lowest BCUT2D eigenvalue weighted by atomic mass is 9.85. The quantitative estimate of drug-likeness (QED) is 0.378. The molecular formula is C26H25N3O4S. The molecule has 2 aromatic carbocycles. The fraction of sp³-hybridized carbons (Fsp3) is 0.308. The van der Waals surface area contributed by atoms with E-state index in [2.05, 4.69) is 4.98 Å². The first-order valence-corrected chi connectivity index (χ1v) is 12.2. The van der Waals surface area contributed by atoms with Gasteiger partial charge in [0.1, 0.15) is 12.3 Å². The smallest absolute Gasteiger partial charge is 0.249 e. The van der Waals surface area contributed by atoms with Crippen molar-refractivity contribution in [1.29, 1.82) is 0 Å². The number of carbonyl (C=O) groups excluding carboxylic acids is 3. The van der Waals surface area contributed by atoms with Crippen LogP contribution in [0.4, 0.5) is 5.13 Å². The Kier molecular flexibility index (Phi) is 6.15. The Morgan fingerprint density at radius 2 is 1.79 bits per heavy atom. The maximum absolute atomic E-state index is 13.6. The summed E-state index contributed by atoms with van der Waals surface area (Å²) in [4.78, 5) is 46.8. The number of hydrogen-bond acceptors (Lipinski definition) is 6. The van der Waals surface area contributed by atoms with Gasteiger partial charge in [0, 0.05) is 0 Å². The maximum Gasteiger partial charge on any atom is 0.249 e. The second-order valence-corrected chi connectivity index (χ2v) is 9.45. The number of rotatable bonds is 7. The number of ether oxygens (including phenoxy) is 1. The van der Waals surface area contributed by atoms with Gasteiger partial charge in [-0.2, -0.15) is 0 Å². The molecule has 2 heterocycles. The first-order valence-electron chi connectivity index (χ1n) is 11.4. The molecule has 3 amide bonds. The van der Waals surface area contributed by atoms with E-state index in [1.807, 2.05) is 67.6 Å². The van der Waals surface area contributed by atoms with Crippen LogP contribution >= 0.6 is 11.3 Å². The molecular weight excluding hydrogens is 450 g/mol. The Bertz CT molecular complexity index is 1240. The first-order chi connectivity index (χ1) is 16.5. The van der Waals surface area contributed by atoms with Crippen molar-refractivity contribution < 1.29 is 19.1 Å². The number of benzene rings is 2. The lowest BCUT2D eigenvalue weighted by Gasteiger charge is -2.23. The van der Waals surface area contributed by atoms with Crippen molar-refractivity contribution in [3.8, 4) is 5.75 Å². The number of aromatic nitrogens is 1. The van der Waals surface area contributed by atoms with Crippen LogP contribution in [0.2, 0.25) is 0 Å². The Hall–Kier alpha value is -3.52. The number of allylic oxidation sites excluding steroid dienone is 2. The maximum atomic E-state index is 13.6. The fourth-order valence-corrected chi connectivity index (χ4v) is 5.55. The van der Waals surface area contributed by atoms with Crippen molar-refractivity contribution in [3.05, 3.63) is 66.2 Å². The summed E-state index contributed by atoms with van der Waals surface area (Å²) in [5, 5.41) is 0.524. The molecule has 2 aliphatic rings. The minimum Gasteiger partial charge on any atom is -0.494 e. The van der Waals surface area contributed by atoms with Crippen LogP contribution in [-0.2, 0) is 20.9 Å². The summed E-state index contributed by atoms with van der Waals surface area (Å²) in [5.41, 5.74) is 1.70. The van der Waals surface area contributed by atoms with Gasteiger partial charge in [-0.05, 0) is 43.5 Å². The van der Waals surface area contributed by atoms with Crippen LogP contribution < -0.4 is 9.64 Å². The van der Waals surface area contributed by atoms with Crippen LogP contribution in [0.5, 0.6) is 5.75 Å². The van der Waals surface area contributed by atoms with Gasteiger partial charge in [-0.3, -0.25) is 24.2 Å². The van der Waals surface area contributed by atoms with Gasteiger partial charge in [-0.1, -0.05) is 53.8 Å². The van der Waals surface area contributed by atoms with E-state index in [4.69, 9.17) is 4.74 Å². The monoisotopic (exact) mass is 475 g/mol. The van der Waals surface area contributed by atoms with Crippen LogP contribution in [-0.4, -0.2) is 40.8 Å². The molecule has 2 unspecified atom stereocenters. The van der Waals surface area contributed by atoms with E-state index in [9.17, 15) is 14.4 Å². The van der Waals surface area contributed by atoms with Crippen molar-refractivity contribution in [2.24, 2.45) is 11.8 Å². The molecule has 174 valence electrons. The van der Waals surface area contributed by atoms with E-state index < -0.39 is 0 Å². The number of imide groups is 1. The highest BCUT2D eigenvalue weighted by molar-refractivity contribution is 7.22. The van der Waals surface area contributed by atoms with Gasteiger partial charge in [-0.15, -0.1) is 0 Å². The highest BCUT2D eigenvalue weighted by Gasteiger charge is 2.48. The average Bonchev–Trinajstić information content (AvgIpc) is 3.38. The molecule has 8 heteroatoms. The molecule has 0 radical (unpaired) electrons. The predicted molar refractivity (Wildman–Crippen MR) is 130 cm³/mol. The van der Waals surface area contributed by atoms with E-state index in [-0.39, 0.29) is 36.1 Å². The van der Waals surface area contributed by atoms with E-state index in [1.54, 1.807) is 4.90 Å². The van der Waals surface area contributed by atoms with Crippen molar-refractivity contribution in [3.63, 3.8) is 0 Å². The van der Waals surface area contributed by atoms with E-state index in [1.165, 1.54) is 11.3 Å². The second-order valence-electron chi connectivity index (χ2n) is 8.44. The number of anilines is 1. The molecule has 34 heavy (non-hydrogen) atoms. The lowest BCUT2D eigenvalue weighted by molar-refractivity contribution is -0.143. The molecule has 0 bridgehead atoms. The normalized spacial score (nSPS) is 19.5. The van der Waals surface area contributed by atoms with E-state index in [0.29, 0.717) is 31.1 Å². The summed E-state index contributed by atoms with van der Waals surface area (Å²) in [7, 11) is 0. The van der Waals surface area contributed by atoms with Gasteiger partial charge in [0.15, 0.2) is 5.13 Å². The minimum atomic E-state index is -0.354. The summed E-state index contributed by atoms with van der Waals surface area (Å²) in [6.07, 6.45) is 4.98. The number of amides is 3. The molecule has 5 rings (SSSR count). The second kappa shape index (κ2) is 9.38. The average molecular weight is 476 g/mol. The van der Waals surface area contributed by atoms with Gasteiger partial charge < -0.3 is 4.74 Å². The van der Waals surface area contributed by atoms with Crippen LogP contribution in [0.15, 0.2) is 60.7 Å². The zero-order chi connectivity index (χ0) is 23.7. The van der Waals surface area contributed by atoms with E-state index in [0.717, 1.165) is 26.4 Å². The molecule has 0 spiro atoms. The number of carbonyl (C=O) groups is 3. The van der Waals surface area contributed by atoms with Crippen LogP contribution in [0.3, 0.4) is 0 Å². The summed E-state index contributed by atoms with van der Waals surface area (Å²) in [5.74, 6) is -0.799. The minimum absolute atomic E-state index is 0.252. The zero-order valence-corrected chi connectivity index (χ0v) is 19.7. The number of hydrogen-bond donors (Lipinski definition) is 0. The molecule has 3 aromatic rings. The fourth-order valence-electron chi connectivity index (χ4n) is 4.54. The Labute approximate surface area is 201 Å². The molecule has 2 atom stereocenters. The Morgan fingerprint density at radius 1 is 1.09 bits per heavy atom. The summed E-state index contributed by atoms with van der Waals surface area (Å²) >= 11 is 1.39. The number of nitrogens with zero attached hydrogens (tertiary/aromatic N) is 3. The molecule has 0 N–H and O–H groups in total. The third kappa shape index (κ3) is 4.21. The van der Waals surface area contributed by atoms with Crippen LogP contribution in [0, 0.1) is 11.8 Å². The third-order valence-corrected chi connectivity index (χ3v) is 7.31. The largest absolute Gasteiger partial charge is 0.494 e. The number of likely N-dealkylation sites (tertiary alicyclic amines) is 1. The van der Waals surface area contributed by atoms with Gasteiger partial charge >= 0.3 is 0 Å². The third-order valence-electron chi connectivity index (χ3n) is 6.27. The highest BCUT2D eigenvalue weighted by Crippen LogP contribution is 2.36. The standard InChI is InChI=1S/C26H25N3O4S/c1-2-33-18-12-13-21-22(14-18)34-26(27-21)28(15-17-8-4-3-5-9-17)23(30)16-29-24(31)19-10-6-7-11-20(19)25(29)32/h3-9,12-14,19-20H,2,10-11,15-16H2,1H3. The summed E-state index contributed by atoms with van der Waals surface area (Å²) < 4.78 is 6.50. The Morgan fingerprint density at radius 3 is 2.47 bits per heavy atom. The van der Waals surface area contributed by atoms with E-state index >= 15 is 0 Å².